The minimum atomic E-state index is -0.816. The lowest BCUT2D eigenvalue weighted by Crippen LogP contribution is -2.30. The van der Waals surface area contributed by atoms with Gasteiger partial charge in [0.05, 0.1) is 6.42 Å². The van der Waals surface area contributed by atoms with Gasteiger partial charge in [-0.1, -0.05) is 280 Å². The van der Waals surface area contributed by atoms with Crippen molar-refractivity contribution in [2.45, 2.75) is 303 Å². The van der Waals surface area contributed by atoms with Crippen molar-refractivity contribution < 1.29 is 28.6 Å². The number of carbonyl (C=O) groups is 3. The van der Waals surface area contributed by atoms with Crippen molar-refractivity contribution in [1.29, 1.82) is 0 Å². The lowest BCUT2D eigenvalue weighted by molar-refractivity contribution is -0.166. The molecule has 0 spiro atoms. The monoisotopic (exact) mass is 977 g/mol. The molecule has 0 fully saturated rings. The topological polar surface area (TPSA) is 78.9 Å². The van der Waals surface area contributed by atoms with Gasteiger partial charge in [-0.25, -0.2) is 0 Å². The zero-order valence-corrected chi connectivity index (χ0v) is 46.3. The smallest absolute Gasteiger partial charge is 0.309 e. The molecule has 0 heterocycles. The van der Waals surface area contributed by atoms with Gasteiger partial charge in [0.15, 0.2) is 6.10 Å². The molecule has 0 saturated heterocycles. The van der Waals surface area contributed by atoms with Crippen LogP contribution in [0.25, 0.3) is 0 Å². The van der Waals surface area contributed by atoms with Crippen molar-refractivity contribution in [2.75, 3.05) is 13.2 Å². The lowest BCUT2D eigenvalue weighted by Gasteiger charge is -2.18. The fourth-order valence-corrected chi connectivity index (χ4v) is 8.51. The Kier molecular flexibility index (Phi) is 55.8. The normalized spacial score (nSPS) is 12.6. The third-order valence-corrected chi connectivity index (χ3v) is 13.0. The van der Waals surface area contributed by atoms with Gasteiger partial charge < -0.3 is 14.2 Å². The molecule has 0 aliphatic rings. The Morgan fingerprint density at radius 2 is 0.614 bits per heavy atom. The maximum absolute atomic E-state index is 12.9. The number of hydrogen-bond donors (Lipinski definition) is 0. The molecule has 0 rings (SSSR count). The molecule has 6 heteroatoms. The SMILES string of the molecule is CC/C=C\C/C=C\C/C=C\C/C=C\C/C=C\CC(=O)OCC(COC(=O)CCCCCCCCCCCCCCCCCCCCC)OC(=O)CCCCCCCCC/C=C\CCCCCCCCC. The summed E-state index contributed by atoms with van der Waals surface area (Å²) in [6.07, 6.45) is 75.0. The van der Waals surface area contributed by atoms with Gasteiger partial charge in [-0.2, -0.15) is 0 Å². The van der Waals surface area contributed by atoms with Crippen molar-refractivity contribution >= 4 is 17.9 Å². The highest BCUT2D eigenvalue weighted by atomic mass is 16.6. The molecule has 70 heavy (non-hydrogen) atoms. The van der Waals surface area contributed by atoms with Gasteiger partial charge in [-0.3, -0.25) is 14.4 Å². The van der Waals surface area contributed by atoms with E-state index in [-0.39, 0.29) is 31.6 Å². The minimum Gasteiger partial charge on any atom is -0.462 e. The highest BCUT2D eigenvalue weighted by molar-refractivity contribution is 5.72. The van der Waals surface area contributed by atoms with E-state index in [0.717, 1.165) is 70.6 Å². The molecule has 0 aliphatic heterocycles. The van der Waals surface area contributed by atoms with Crippen LogP contribution >= 0.6 is 0 Å². The van der Waals surface area contributed by atoms with Crippen molar-refractivity contribution in [3.05, 3.63) is 72.9 Å². The second-order valence-electron chi connectivity index (χ2n) is 19.9. The molecule has 404 valence electrons. The Labute approximate surface area is 433 Å². The molecule has 1 atom stereocenters. The molecule has 0 aromatic carbocycles. The zero-order chi connectivity index (χ0) is 50.7. The molecule has 0 N–H and O–H groups in total. The summed E-state index contributed by atoms with van der Waals surface area (Å²) in [5.74, 6) is -1.03. The Morgan fingerprint density at radius 1 is 0.314 bits per heavy atom. The van der Waals surface area contributed by atoms with E-state index in [0.29, 0.717) is 12.8 Å². The van der Waals surface area contributed by atoms with Crippen LogP contribution in [0.1, 0.15) is 297 Å². The Balaban J connectivity index is 4.43. The summed E-state index contributed by atoms with van der Waals surface area (Å²) >= 11 is 0. The van der Waals surface area contributed by atoms with E-state index in [1.54, 1.807) is 6.08 Å². The molecular formula is C64H112O6. The highest BCUT2D eigenvalue weighted by Gasteiger charge is 2.19. The largest absolute Gasteiger partial charge is 0.462 e. The highest BCUT2D eigenvalue weighted by Crippen LogP contribution is 2.16. The van der Waals surface area contributed by atoms with E-state index in [1.165, 1.54) is 186 Å². The number of rotatable bonds is 54. The van der Waals surface area contributed by atoms with Crippen LogP contribution in [0.5, 0.6) is 0 Å². The Morgan fingerprint density at radius 3 is 0.986 bits per heavy atom. The minimum absolute atomic E-state index is 0.104. The fraction of sp³-hybridized carbons (Fsp3) is 0.766. The average molecular weight is 978 g/mol. The molecule has 0 bridgehead atoms. The molecule has 0 amide bonds. The maximum Gasteiger partial charge on any atom is 0.309 e. The first-order valence-corrected chi connectivity index (χ1v) is 29.9. The number of unbranched alkanes of at least 4 members (excludes halogenated alkanes) is 32. The summed E-state index contributed by atoms with van der Waals surface area (Å²) in [5.41, 5.74) is 0. The summed E-state index contributed by atoms with van der Waals surface area (Å²) in [6.45, 7) is 6.47. The average Bonchev–Trinajstić information content (AvgIpc) is 3.36. The number of carbonyl (C=O) groups excluding carboxylic acids is 3. The Bertz CT molecular complexity index is 1310. The van der Waals surface area contributed by atoms with E-state index < -0.39 is 12.1 Å². The van der Waals surface area contributed by atoms with Crippen molar-refractivity contribution in [3.63, 3.8) is 0 Å². The predicted molar refractivity (Wildman–Crippen MR) is 302 cm³/mol. The van der Waals surface area contributed by atoms with Crippen LogP contribution in [0.15, 0.2) is 72.9 Å². The molecular weight excluding hydrogens is 865 g/mol. The number of allylic oxidation sites excluding steroid dienone is 11. The van der Waals surface area contributed by atoms with Crippen molar-refractivity contribution in [3.8, 4) is 0 Å². The van der Waals surface area contributed by atoms with Crippen LogP contribution in [0.3, 0.4) is 0 Å². The molecule has 6 nitrogen and oxygen atoms in total. The molecule has 0 radical (unpaired) electrons. The van der Waals surface area contributed by atoms with Gasteiger partial charge in [-0.15, -0.1) is 0 Å². The van der Waals surface area contributed by atoms with Gasteiger partial charge in [0.1, 0.15) is 13.2 Å². The van der Waals surface area contributed by atoms with Crippen LogP contribution in [0, 0.1) is 0 Å². The zero-order valence-electron chi connectivity index (χ0n) is 46.3. The predicted octanol–water partition coefficient (Wildman–Crippen LogP) is 20.2. The van der Waals surface area contributed by atoms with E-state index in [9.17, 15) is 14.4 Å². The van der Waals surface area contributed by atoms with E-state index >= 15 is 0 Å². The molecule has 0 aromatic heterocycles. The summed E-state index contributed by atoms with van der Waals surface area (Å²) in [6, 6.07) is 0. The number of ether oxygens (including phenoxy) is 3. The van der Waals surface area contributed by atoms with Crippen LogP contribution in [-0.4, -0.2) is 37.2 Å². The van der Waals surface area contributed by atoms with Gasteiger partial charge in [0.25, 0.3) is 0 Å². The first-order valence-electron chi connectivity index (χ1n) is 29.9. The second-order valence-corrected chi connectivity index (χ2v) is 19.9. The summed E-state index contributed by atoms with van der Waals surface area (Å²) in [7, 11) is 0. The standard InChI is InChI=1S/C64H112O6/c1-4-7-10-13-16-19-22-25-28-30-32-34-36-39-42-45-48-51-54-57-63(66)69-60-61(59-68-62(65)56-53-50-47-44-41-38-35-27-24-21-18-15-12-9-6-3)70-64(67)58-55-52-49-46-43-40-37-33-31-29-26-23-20-17-14-11-8-5-2/h9,12,18,21,27,29,31,35,41,44,50,53,61H,4-8,10-11,13-17,19-20,22-26,28,30,32-34,36-40,42-43,45-49,51-52,54-60H2,1-3H3/b12-9-,21-18-,31-29-,35-27-,44-41-,53-50-. The fourth-order valence-electron chi connectivity index (χ4n) is 8.51. The van der Waals surface area contributed by atoms with Gasteiger partial charge in [0, 0.05) is 12.8 Å². The first-order chi connectivity index (χ1) is 34.5. The molecule has 1 unspecified atom stereocenters. The van der Waals surface area contributed by atoms with Gasteiger partial charge in [0.2, 0.25) is 0 Å². The third kappa shape index (κ3) is 55.8. The van der Waals surface area contributed by atoms with Crippen molar-refractivity contribution in [2.24, 2.45) is 0 Å². The molecule has 0 aromatic rings. The molecule has 0 saturated carbocycles. The Hall–Kier alpha value is -3.15. The lowest BCUT2D eigenvalue weighted by atomic mass is 10.0. The first kappa shape index (κ1) is 66.9. The summed E-state index contributed by atoms with van der Waals surface area (Å²) < 4.78 is 16.8. The quantitative estimate of drug-likeness (QED) is 0.0261. The van der Waals surface area contributed by atoms with E-state index in [1.807, 2.05) is 6.08 Å². The maximum atomic E-state index is 12.9. The van der Waals surface area contributed by atoms with Gasteiger partial charge in [-0.05, 0) is 70.6 Å². The van der Waals surface area contributed by atoms with Crippen LogP contribution in [0.4, 0.5) is 0 Å². The van der Waals surface area contributed by atoms with E-state index in [4.69, 9.17) is 14.2 Å². The summed E-state index contributed by atoms with van der Waals surface area (Å²) in [5, 5.41) is 0. The van der Waals surface area contributed by atoms with Crippen molar-refractivity contribution in [1.82, 2.24) is 0 Å². The molecule has 0 aliphatic carbocycles. The van der Waals surface area contributed by atoms with Crippen LogP contribution in [0.2, 0.25) is 0 Å². The van der Waals surface area contributed by atoms with Gasteiger partial charge >= 0.3 is 17.9 Å². The summed E-state index contributed by atoms with van der Waals surface area (Å²) in [4.78, 5) is 38.1. The number of hydrogen-bond acceptors (Lipinski definition) is 6. The second kappa shape index (κ2) is 58.4. The number of esters is 3. The third-order valence-electron chi connectivity index (χ3n) is 13.0. The van der Waals surface area contributed by atoms with Crippen LogP contribution in [-0.2, 0) is 28.6 Å². The van der Waals surface area contributed by atoms with Crippen LogP contribution < -0.4 is 0 Å². The van der Waals surface area contributed by atoms with E-state index in [2.05, 4.69) is 81.5 Å².